The van der Waals surface area contributed by atoms with Crippen LogP contribution in [0.4, 0.5) is 5.69 Å². The first-order chi connectivity index (χ1) is 14.2. The minimum absolute atomic E-state index is 0.170. The Kier molecular flexibility index (Phi) is 5.69. The van der Waals surface area contributed by atoms with Gasteiger partial charge in [-0.15, -0.1) is 0 Å². The molecule has 0 aliphatic carbocycles. The van der Waals surface area contributed by atoms with E-state index in [1.807, 2.05) is 4.98 Å². The molecule has 0 radical (unpaired) electrons. The van der Waals surface area contributed by atoms with Crippen molar-refractivity contribution in [1.82, 2.24) is 19.3 Å². The van der Waals surface area contributed by atoms with Crippen molar-refractivity contribution < 1.29 is 17.9 Å². The molecule has 3 aromatic rings. The van der Waals surface area contributed by atoms with Crippen LogP contribution in [0.25, 0.3) is 0 Å². The number of rotatable bonds is 7. The number of hydrogen-bond acceptors (Lipinski definition) is 7. The summed E-state index contributed by atoms with van der Waals surface area (Å²) in [5.74, 6) is 0.948. The maximum absolute atomic E-state index is 13.5. The second kappa shape index (κ2) is 8.06. The van der Waals surface area contributed by atoms with Crippen LogP contribution in [0, 0.1) is 0 Å². The summed E-state index contributed by atoms with van der Waals surface area (Å²) in [7, 11) is 1.56. The highest BCUT2D eigenvalue weighted by Gasteiger charge is 2.30. The summed E-state index contributed by atoms with van der Waals surface area (Å²) in [5, 5.41) is 4.03. The zero-order valence-corrected chi connectivity index (χ0v) is 17.6. The van der Waals surface area contributed by atoms with Gasteiger partial charge in [-0.2, -0.15) is 5.10 Å². The van der Waals surface area contributed by atoms with Crippen LogP contribution in [0.1, 0.15) is 5.56 Å². The number of sulfonamides is 1. The van der Waals surface area contributed by atoms with E-state index in [2.05, 4.69) is 5.10 Å². The van der Waals surface area contributed by atoms with Crippen LogP contribution in [0.5, 0.6) is 11.5 Å². The molecule has 0 spiro atoms. The van der Waals surface area contributed by atoms with E-state index in [0.29, 0.717) is 17.1 Å². The summed E-state index contributed by atoms with van der Waals surface area (Å²) < 4.78 is 41.0. The highest BCUT2D eigenvalue weighted by Crippen LogP contribution is 2.30. The van der Waals surface area contributed by atoms with E-state index < -0.39 is 26.2 Å². The largest absolute Gasteiger partial charge is 0.497 e. The Morgan fingerprint density at radius 1 is 1.13 bits per heavy atom. The third kappa shape index (κ3) is 3.94. The quantitative estimate of drug-likeness (QED) is 0.562. The number of hydrogen-bond donors (Lipinski definition) is 1. The van der Waals surface area contributed by atoms with Crippen LogP contribution < -0.4 is 25.0 Å². The fourth-order valence-corrected chi connectivity index (χ4v) is 4.35. The molecular formula is C18H21N5O6S. The highest BCUT2D eigenvalue weighted by molar-refractivity contribution is 7.92. The standard InChI is InChI=1S/C18H21N5O6S/c1-21-11-16(17(24)20-18(21)25)30(26,27)23(13-8-19-22(2)10-13)9-12-7-14(28-3)5-6-15(12)29-4/h5-8,10-11H,9H2,1-4H3,(H,20,24,25). The molecule has 0 aliphatic rings. The van der Waals surface area contributed by atoms with E-state index >= 15 is 0 Å². The fraction of sp³-hybridized carbons (Fsp3) is 0.278. The lowest BCUT2D eigenvalue weighted by atomic mass is 10.2. The molecule has 3 rings (SSSR count). The number of nitrogens with zero attached hydrogens (tertiary/aromatic N) is 4. The minimum atomic E-state index is -4.37. The second-order valence-electron chi connectivity index (χ2n) is 6.43. The fourth-order valence-electron chi connectivity index (χ4n) is 2.85. The SMILES string of the molecule is COc1ccc(OC)c(CN(c2cnn(C)c2)S(=O)(=O)c2cn(C)c(=O)[nH]c2=O)c1. The molecule has 0 amide bonds. The summed E-state index contributed by atoms with van der Waals surface area (Å²) in [5.41, 5.74) is -0.993. The van der Waals surface area contributed by atoms with Gasteiger partial charge in [-0.25, -0.2) is 13.2 Å². The number of anilines is 1. The van der Waals surface area contributed by atoms with Gasteiger partial charge in [-0.3, -0.25) is 18.8 Å². The molecule has 0 saturated heterocycles. The van der Waals surface area contributed by atoms with Gasteiger partial charge in [-0.05, 0) is 18.2 Å². The van der Waals surface area contributed by atoms with Crippen molar-refractivity contribution in [1.29, 1.82) is 0 Å². The average molecular weight is 435 g/mol. The molecule has 11 nitrogen and oxygen atoms in total. The van der Waals surface area contributed by atoms with Gasteiger partial charge in [0, 0.05) is 32.1 Å². The zero-order chi connectivity index (χ0) is 22.1. The number of methoxy groups -OCH3 is 2. The maximum atomic E-state index is 13.5. The molecule has 0 fully saturated rings. The van der Waals surface area contributed by atoms with Gasteiger partial charge in [0.2, 0.25) is 0 Å². The van der Waals surface area contributed by atoms with Crippen molar-refractivity contribution in [3.05, 3.63) is 63.2 Å². The predicted octanol–water partition coefficient (Wildman–Crippen LogP) is 0.220. The van der Waals surface area contributed by atoms with Crippen LogP contribution in [-0.4, -0.2) is 42.0 Å². The molecule has 30 heavy (non-hydrogen) atoms. The van der Waals surface area contributed by atoms with E-state index in [0.717, 1.165) is 15.1 Å². The monoisotopic (exact) mass is 435 g/mol. The molecule has 0 atom stereocenters. The summed E-state index contributed by atoms with van der Waals surface area (Å²) >= 11 is 0. The van der Waals surface area contributed by atoms with E-state index in [1.54, 1.807) is 25.2 Å². The third-order valence-electron chi connectivity index (χ3n) is 4.42. The minimum Gasteiger partial charge on any atom is -0.497 e. The Labute approximate surface area is 172 Å². The normalized spacial score (nSPS) is 11.3. The highest BCUT2D eigenvalue weighted by atomic mass is 32.2. The molecule has 1 N–H and O–H groups in total. The Morgan fingerprint density at radius 2 is 1.87 bits per heavy atom. The van der Waals surface area contributed by atoms with Crippen molar-refractivity contribution >= 4 is 15.7 Å². The van der Waals surface area contributed by atoms with Gasteiger partial charge in [0.15, 0.2) is 4.90 Å². The lowest BCUT2D eigenvalue weighted by Crippen LogP contribution is -2.38. The smallest absolute Gasteiger partial charge is 0.328 e. The first-order valence-electron chi connectivity index (χ1n) is 8.69. The lowest BCUT2D eigenvalue weighted by Gasteiger charge is -2.24. The molecular weight excluding hydrogens is 414 g/mol. The summed E-state index contributed by atoms with van der Waals surface area (Å²) in [4.78, 5) is 25.4. The van der Waals surface area contributed by atoms with Crippen molar-refractivity contribution in [2.24, 2.45) is 14.1 Å². The van der Waals surface area contributed by atoms with Crippen molar-refractivity contribution in [3.8, 4) is 11.5 Å². The molecule has 2 aromatic heterocycles. The number of aromatic amines is 1. The third-order valence-corrected chi connectivity index (χ3v) is 6.19. The van der Waals surface area contributed by atoms with E-state index in [9.17, 15) is 18.0 Å². The van der Waals surface area contributed by atoms with Crippen LogP contribution in [0.15, 0.2) is 51.3 Å². The van der Waals surface area contributed by atoms with Crippen LogP contribution in [0.3, 0.4) is 0 Å². The lowest BCUT2D eigenvalue weighted by molar-refractivity contribution is 0.399. The van der Waals surface area contributed by atoms with E-state index in [1.165, 1.54) is 38.3 Å². The Morgan fingerprint density at radius 3 is 2.47 bits per heavy atom. The van der Waals surface area contributed by atoms with Gasteiger partial charge in [0.1, 0.15) is 11.5 Å². The van der Waals surface area contributed by atoms with Gasteiger partial charge in [0.25, 0.3) is 15.6 Å². The van der Waals surface area contributed by atoms with Crippen LogP contribution >= 0.6 is 0 Å². The molecule has 0 bridgehead atoms. The van der Waals surface area contributed by atoms with Crippen molar-refractivity contribution in [2.45, 2.75) is 11.4 Å². The van der Waals surface area contributed by atoms with E-state index in [4.69, 9.17) is 9.47 Å². The first kappa shape index (κ1) is 21.2. The molecule has 12 heteroatoms. The molecule has 0 unspecified atom stereocenters. The number of aromatic nitrogens is 4. The number of aryl methyl sites for hydroxylation is 2. The summed E-state index contributed by atoms with van der Waals surface area (Å²) in [6.45, 7) is -0.170. The topological polar surface area (TPSA) is 129 Å². The number of H-pyrrole nitrogens is 1. The Bertz CT molecular complexity index is 1290. The van der Waals surface area contributed by atoms with Gasteiger partial charge in [0.05, 0.1) is 32.6 Å². The first-order valence-corrected chi connectivity index (χ1v) is 10.1. The average Bonchev–Trinajstić information content (AvgIpc) is 3.14. The number of ether oxygens (including phenoxy) is 2. The summed E-state index contributed by atoms with van der Waals surface area (Å²) in [6.07, 6.45) is 3.85. The van der Waals surface area contributed by atoms with Gasteiger partial charge < -0.3 is 14.0 Å². The van der Waals surface area contributed by atoms with E-state index in [-0.39, 0.29) is 12.2 Å². The number of benzene rings is 1. The number of nitrogens with one attached hydrogen (secondary N) is 1. The Hall–Kier alpha value is -3.54. The van der Waals surface area contributed by atoms with Gasteiger partial charge in [-0.1, -0.05) is 0 Å². The second-order valence-corrected chi connectivity index (χ2v) is 8.26. The molecule has 0 aliphatic heterocycles. The summed E-state index contributed by atoms with van der Waals surface area (Å²) in [6, 6.07) is 4.98. The predicted molar refractivity (Wildman–Crippen MR) is 108 cm³/mol. The van der Waals surface area contributed by atoms with Crippen molar-refractivity contribution in [2.75, 3.05) is 18.5 Å². The molecule has 1 aromatic carbocycles. The van der Waals surface area contributed by atoms with Crippen LogP contribution in [-0.2, 0) is 30.7 Å². The molecule has 160 valence electrons. The molecule has 2 heterocycles. The Balaban J connectivity index is 2.19. The van der Waals surface area contributed by atoms with Gasteiger partial charge >= 0.3 is 5.69 Å². The van der Waals surface area contributed by atoms with Crippen LogP contribution in [0.2, 0.25) is 0 Å². The maximum Gasteiger partial charge on any atom is 0.328 e. The van der Waals surface area contributed by atoms with Crippen molar-refractivity contribution in [3.63, 3.8) is 0 Å². The molecule has 0 saturated carbocycles. The zero-order valence-electron chi connectivity index (χ0n) is 16.8.